The molecule has 4 heteroatoms. The first-order valence-corrected chi connectivity index (χ1v) is 6.16. The molecule has 0 saturated heterocycles. The molecule has 2 N–H and O–H groups in total. The number of methoxy groups -OCH3 is 2. The number of benzene rings is 1. The fourth-order valence-corrected chi connectivity index (χ4v) is 2.46. The van der Waals surface area contributed by atoms with Crippen molar-refractivity contribution in [3.05, 3.63) is 23.8 Å². The maximum absolute atomic E-state index is 12.5. The van der Waals surface area contributed by atoms with E-state index in [-0.39, 0.29) is 5.78 Å². The van der Waals surface area contributed by atoms with Crippen molar-refractivity contribution in [1.29, 1.82) is 0 Å². The highest BCUT2D eigenvalue weighted by molar-refractivity contribution is 6.03. The van der Waals surface area contributed by atoms with Gasteiger partial charge in [0.05, 0.1) is 19.8 Å². The molecule has 0 atom stereocenters. The first kappa shape index (κ1) is 12.9. The minimum Gasteiger partial charge on any atom is -0.497 e. The molecule has 1 aromatic rings. The minimum atomic E-state index is -0.711. The molecular weight excluding hydrogens is 230 g/mol. The normalized spacial score (nSPS) is 17.5. The predicted octanol–water partition coefficient (Wildman–Crippen LogP) is 2.16. The average molecular weight is 249 g/mol. The lowest BCUT2D eigenvalue weighted by Gasteiger charge is -2.22. The Morgan fingerprint density at radius 2 is 1.61 bits per heavy atom. The Kier molecular flexibility index (Phi) is 3.57. The van der Waals surface area contributed by atoms with Crippen molar-refractivity contribution in [2.24, 2.45) is 5.73 Å². The monoisotopic (exact) mass is 249 g/mol. The second-order valence-corrected chi connectivity index (χ2v) is 4.79. The van der Waals surface area contributed by atoms with E-state index in [1.807, 2.05) is 0 Å². The van der Waals surface area contributed by atoms with Gasteiger partial charge in [-0.05, 0) is 25.0 Å². The molecule has 1 aliphatic rings. The molecule has 0 aromatic heterocycles. The molecule has 18 heavy (non-hydrogen) atoms. The molecule has 0 aliphatic heterocycles. The van der Waals surface area contributed by atoms with Crippen LogP contribution >= 0.6 is 0 Å². The molecule has 2 rings (SSSR count). The molecule has 0 radical (unpaired) electrons. The van der Waals surface area contributed by atoms with Crippen LogP contribution in [0.3, 0.4) is 0 Å². The highest BCUT2D eigenvalue weighted by Crippen LogP contribution is 2.32. The van der Waals surface area contributed by atoms with Crippen molar-refractivity contribution in [1.82, 2.24) is 0 Å². The summed E-state index contributed by atoms with van der Waals surface area (Å²) in [7, 11) is 3.13. The van der Waals surface area contributed by atoms with E-state index in [1.165, 1.54) is 0 Å². The molecule has 0 heterocycles. The standard InChI is InChI=1S/C14H19NO3/c1-17-11-7-10(8-12(9-11)18-2)13(16)14(15)5-3-4-6-14/h7-9H,3-6,15H2,1-2H3. The largest absolute Gasteiger partial charge is 0.497 e. The third-order valence-electron chi connectivity index (χ3n) is 3.56. The fraction of sp³-hybridized carbons (Fsp3) is 0.500. The molecule has 0 spiro atoms. The van der Waals surface area contributed by atoms with Crippen LogP contribution in [0.4, 0.5) is 0 Å². The summed E-state index contributed by atoms with van der Waals surface area (Å²) >= 11 is 0. The highest BCUT2D eigenvalue weighted by Gasteiger charge is 2.37. The first-order chi connectivity index (χ1) is 8.59. The van der Waals surface area contributed by atoms with Gasteiger partial charge in [-0.1, -0.05) is 12.8 Å². The Morgan fingerprint density at radius 1 is 1.11 bits per heavy atom. The summed E-state index contributed by atoms with van der Waals surface area (Å²) in [5.41, 5.74) is 6.04. The molecule has 1 aliphatic carbocycles. The molecule has 98 valence electrons. The Hall–Kier alpha value is -1.55. The summed E-state index contributed by atoms with van der Waals surface area (Å²) < 4.78 is 10.3. The van der Waals surface area contributed by atoms with Gasteiger partial charge in [0, 0.05) is 11.6 Å². The van der Waals surface area contributed by atoms with E-state index >= 15 is 0 Å². The van der Waals surface area contributed by atoms with Gasteiger partial charge in [0.1, 0.15) is 11.5 Å². The van der Waals surface area contributed by atoms with Gasteiger partial charge in [-0.25, -0.2) is 0 Å². The van der Waals surface area contributed by atoms with Crippen LogP contribution in [0.1, 0.15) is 36.0 Å². The molecule has 1 saturated carbocycles. The van der Waals surface area contributed by atoms with E-state index in [0.29, 0.717) is 17.1 Å². The van der Waals surface area contributed by atoms with Gasteiger partial charge in [0.2, 0.25) is 0 Å². The number of Topliss-reactive ketones (excluding diaryl/α,β-unsaturated/α-hetero) is 1. The minimum absolute atomic E-state index is 0.0165. The van der Waals surface area contributed by atoms with Gasteiger partial charge in [0.25, 0.3) is 0 Å². The van der Waals surface area contributed by atoms with Crippen LogP contribution in [0, 0.1) is 0 Å². The molecule has 0 unspecified atom stereocenters. The number of ketones is 1. The highest BCUT2D eigenvalue weighted by atomic mass is 16.5. The molecule has 4 nitrogen and oxygen atoms in total. The van der Waals surface area contributed by atoms with E-state index in [2.05, 4.69) is 0 Å². The van der Waals surface area contributed by atoms with Crippen molar-refractivity contribution >= 4 is 5.78 Å². The van der Waals surface area contributed by atoms with Gasteiger partial charge >= 0.3 is 0 Å². The summed E-state index contributed by atoms with van der Waals surface area (Å²) in [6, 6.07) is 5.18. The van der Waals surface area contributed by atoms with Crippen molar-refractivity contribution in [2.45, 2.75) is 31.2 Å². The number of carbonyl (C=O) groups is 1. The number of hydrogen-bond acceptors (Lipinski definition) is 4. The Balaban J connectivity index is 2.34. The van der Waals surface area contributed by atoms with E-state index in [9.17, 15) is 4.79 Å². The molecule has 0 amide bonds. The summed E-state index contributed by atoms with van der Waals surface area (Å²) in [5.74, 6) is 1.20. The van der Waals surface area contributed by atoms with Crippen molar-refractivity contribution in [3.63, 3.8) is 0 Å². The van der Waals surface area contributed by atoms with E-state index in [1.54, 1.807) is 32.4 Å². The van der Waals surface area contributed by atoms with Crippen LogP contribution in [-0.2, 0) is 0 Å². The van der Waals surface area contributed by atoms with Crippen LogP contribution in [0.15, 0.2) is 18.2 Å². The maximum Gasteiger partial charge on any atom is 0.182 e. The summed E-state index contributed by atoms with van der Waals surface area (Å²) in [5, 5.41) is 0. The Morgan fingerprint density at radius 3 is 2.06 bits per heavy atom. The second-order valence-electron chi connectivity index (χ2n) is 4.79. The lowest BCUT2D eigenvalue weighted by molar-refractivity contribution is 0.0891. The average Bonchev–Trinajstić information content (AvgIpc) is 2.85. The number of nitrogens with two attached hydrogens (primary N) is 1. The van der Waals surface area contributed by atoms with Gasteiger partial charge in [0.15, 0.2) is 5.78 Å². The molecule has 0 bridgehead atoms. The third kappa shape index (κ3) is 2.34. The van der Waals surface area contributed by atoms with Gasteiger partial charge < -0.3 is 15.2 Å². The Bertz CT molecular complexity index is 428. The lowest BCUT2D eigenvalue weighted by Crippen LogP contribution is -2.45. The zero-order chi connectivity index (χ0) is 13.2. The second kappa shape index (κ2) is 4.98. The first-order valence-electron chi connectivity index (χ1n) is 6.16. The number of carbonyl (C=O) groups excluding carboxylic acids is 1. The molecule has 1 aromatic carbocycles. The summed E-state index contributed by atoms with van der Waals surface area (Å²) in [4.78, 5) is 12.5. The van der Waals surface area contributed by atoms with Crippen molar-refractivity contribution in [3.8, 4) is 11.5 Å². The van der Waals surface area contributed by atoms with Crippen molar-refractivity contribution in [2.75, 3.05) is 14.2 Å². The quantitative estimate of drug-likeness (QED) is 0.831. The smallest absolute Gasteiger partial charge is 0.182 e. The summed E-state index contributed by atoms with van der Waals surface area (Å²) in [6.07, 6.45) is 3.55. The van der Waals surface area contributed by atoms with Gasteiger partial charge in [-0.3, -0.25) is 4.79 Å². The molecule has 1 fully saturated rings. The summed E-state index contributed by atoms with van der Waals surface area (Å²) in [6.45, 7) is 0. The maximum atomic E-state index is 12.5. The van der Waals surface area contributed by atoms with Gasteiger partial charge in [-0.2, -0.15) is 0 Å². The number of rotatable bonds is 4. The topological polar surface area (TPSA) is 61.5 Å². The Labute approximate surface area is 107 Å². The number of ether oxygens (including phenoxy) is 2. The SMILES string of the molecule is COc1cc(OC)cc(C(=O)C2(N)CCCC2)c1. The zero-order valence-electron chi connectivity index (χ0n) is 10.9. The van der Waals surface area contributed by atoms with Crippen molar-refractivity contribution < 1.29 is 14.3 Å². The van der Waals surface area contributed by atoms with Crippen LogP contribution in [-0.4, -0.2) is 25.5 Å². The van der Waals surface area contributed by atoms with Crippen LogP contribution < -0.4 is 15.2 Å². The zero-order valence-corrected chi connectivity index (χ0v) is 10.9. The van der Waals surface area contributed by atoms with Crippen LogP contribution in [0.2, 0.25) is 0 Å². The fourth-order valence-electron chi connectivity index (χ4n) is 2.46. The van der Waals surface area contributed by atoms with Crippen LogP contribution in [0.25, 0.3) is 0 Å². The van der Waals surface area contributed by atoms with Gasteiger partial charge in [-0.15, -0.1) is 0 Å². The van der Waals surface area contributed by atoms with E-state index in [4.69, 9.17) is 15.2 Å². The third-order valence-corrected chi connectivity index (χ3v) is 3.56. The van der Waals surface area contributed by atoms with E-state index in [0.717, 1.165) is 25.7 Å². The number of hydrogen-bond donors (Lipinski definition) is 1. The van der Waals surface area contributed by atoms with E-state index < -0.39 is 5.54 Å². The molecular formula is C14H19NO3. The lowest BCUT2D eigenvalue weighted by atomic mass is 9.88. The predicted molar refractivity (Wildman–Crippen MR) is 69.3 cm³/mol. The van der Waals surface area contributed by atoms with Crippen LogP contribution in [0.5, 0.6) is 11.5 Å².